The molecule has 0 aliphatic heterocycles. The Morgan fingerprint density at radius 1 is 1.17 bits per heavy atom. The van der Waals surface area contributed by atoms with Gasteiger partial charge in [0, 0.05) is 48.4 Å². The number of allylic oxidation sites excluding steroid dienone is 2. The van der Waals surface area contributed by atoms with E-state index in [1.807, 2.05) is 42.2 Å². The molecule has 0 bridgehead atoms. The van der Waals surface area contributed by atoms with Crippen LogP contribution in [0.2, 0.25) is 0 Å². The summed E-state index contributed by atoms with van der Waals surface area (Å²) in [4.78, 5) is 20.8. The van der Waals surface area contributed by atoms with Gasteiger partial charge in [-0.05, 0) is 55.5 Å². The number of carbonyl (C=O) groups is 1. The molecule has 0 aromatic carbocycles. The quantitative estimate of drug-likeness (QED) is 0.626. The van der Waals surface area contributed by atoms with Gasteiger partial charge in [0.05, 0.1) is 18.4 Å². The van der Waals surface area contributed by atoms with E-state index in [2.05, 4.69) is 38.6 Å². The molecule has 3 aromatic heterocycles. The van der Waals surface area contributed by atoms with Crippen molar-refractivity contribution in [2.24, 2.45) is 5.92 Å². The van der Waals surface area contributed by atoms with E-state index in [-0.39, 0.29) is 5.91 Å². The van der Waals surface area contributed by atoms with Gasteiger partial charge in [-0.1, -0.05) is 12.2 Å². The number of nitrogens with one attached hydrogen (secondary N) is 1. The largest absolute Gasteiger partial charge is 0.354 e. The molecule has 1 unspecified atom stereocenters. The first-order valence-corrected chi connectivity index (χ1v) is 10.0. The predicted octanol–water partition coefficient (Wildman–Crippen LogP) is 3.79. The summed E-state index contributed by atoms with van der Waals surface area (Å²) in [7, 11) is 0. The molecule has 3 heterocycles. The van der Waals surface area contributed by atoms with Crippen LogP contribution in [0.3, 0.4) is 0 Å². The molecule has 3 aromatic rings. The predicted molar refractivity (Wildman–Crippen MR) is 113 cm³/mol. The Morgan fingerprint density at radius 3 is 2.76 bits per heavy atom. The highest BCUT2D eigenvalue weighted by molar-refractivity contribution is 5.80. The van der Waals surface area contributed by atoms with E-state index < -0.39 is 0 Å². The van der Waals surface area contributed by atoms with Crippen LogP contribution in [-0.2, 0) is 11.3 Å². The van der Waals surface area contributed by atoms with Crippen LogP contribution >= 0.6 is 0 Å². The SMILES string of the molecule is Cc1ccc(-c2c(-c3ccncc3)cnn2CCNC(=O)CC2C=CCC2)cn1. The Labute approximate surface area is 170 Å². The first-order chi connectivity index (χ1) is 14.2. The average Bonchev–Trinajstić information content (AvgIpc) is 3.39. The molecule has 6 nitrogen and oxygen atoms in total. The maximum Gasteiger partial charge on any atom is 0.220 e. The number of hydrogen-bond acceptors (Lipinski definition) is 4. The minimum Gasteiger partial charge on any atom is -0.354 e. The summed E-state index contributed by atoms with van der Waals surface area (Å²) in [5.41, 5.74) is 5.05. The Bertz CT molecular complexity index is 992. The minimum absolute atomic E-state index is 0.0987. The first kappa shape index (κ1) is 19.1. The molecule has 148 valence electrons. The number of nitrogens with zero attached hydrogens (tertiary/aromatic N) is 4. The molecule has 0 saturated heterocycles. The maximum absolute atomic E-state index is 12.2. The van der Waals surface area contributed by atoms with Crippen LogP contribution in [0.15, 0.2) is 61.2 Å². The summed E-state index contributed by atoms with van der Waals surface area (Å²) in [5.74, 6) is 0.480. The number of aryl methyl sites for hydroxylation is 1. The molecule has 1 amide bonds. The second-order valence-corrected chi connectivity index (χ2v) is 7.37. The number of aromatic nitrogens is 4. The fourth-order valence-corrected chi connectivity index (χ4v) is 3.69. The van der Waals surface area contributed by atoms with Crippen molar-refractivity contribution in [1.29, 1.82) is 0 Å². The van der Waals surface area contributed by atoms with Crippen molar-refractivity contribution in [2.75, 3.05) is 6.54 Å². The van der Waals surface area contributed by atoms with Crippen LogP contribution in [0.25, 0.3) is 22.4 Å². The molecule has 1 atom stereocenters. The summed E-state index contributed by atoms with van der Waals surface area (Å²) in [6, 6.07) is 8.01. The number of carbonyl (C=O) groups excluding carboxylic acids is 1. The molecule has 0 radical (unpaired) electrons. The molecule has 0 spiro atoms. The summed E-state index contributed by atoms with van der Waals surface area (Å²) in [6.45, 7) is 3.11. The van der Waals surface area contributed by atoms with Crippen LogP contribution in [0, 0.1) is 12.8 Å². The van der Waals surface area contributed by atoms with Crippen molar-refractivity contribution in [3.8, 4) is 22.4 Å². The molecule has 1 aliphatic carbocycles. The molecule has 0 saturated carbocycles. The van der Waals surface area contributed by atoms with Gasteiger partial charge in [0.15, 0.2) is 0 Å². The lowest BCUT2D eigenvalue weighted by molar-refractivity contribution is -0.121. The van der Waals surface area contributed by atoms with Gasteiger partial charge >= 0.3 is 0 Å². The van der Waals surface area contributed by atoms with Crippen molar-refractivity contribution < 1.29 is 4.79 Å². The van der Waals surface area contributed by atoms with Gasteiger partial charge < -0.3 is 5.32 Å². The van der Waals surface area contributed by atoms with Crippen molar-refractivity contribution in [2.45, 2.75) is 32.7 Å². The standard InChI is InChI=1S/C23H25N5O/c1-17-6-7-20(15-26-17)23-21(19-8-10-24-11-9-19)16-27-28(23)13-12-25-22(29)14-18-4-2-3-5-18/h2,4,6-11,15-16,18H,3,5,12-14H2,1H3,(H,25,29). The van der Waals surface area contributed by atoms with E-state index in [0.717, 1.165) is 40.9 Å². The number of rotatable bonds is 7. The lowest BCUT2D eigenvalue weighted by Gasteiger charge is -2.12. The van der Waals surface area contributed by atoms with Gasteiger partial charge in [0.1, 0.15) is 0 Å². The van der Waals surface area contributed by atoms with Crippen molar-refractivity contribution in [1.82, 2.24) is 25.1 Å². The van der Waals surface area contributed by atoms with Crippen molar-refractivity contribution in [3.05, 3.63) is 66.9 Å². The zero-order valence-electron chi connectivity index (χ0n) is 16.6. The van der Waals surface area contributed by atoms with E-state index in [0.29, 0.717) is 25.4 Å². The average molecular weight is 387 g/mol. The van der Waals surface area contributed by atoms with Crippen LogP contribution in [0.1, 0.15) is 25.0 Å². The number of amides is 1. The van der Waals surface area contributed by atoms with E-state index in [1.54, 1.807) is 12.4 Å². The normalized spacial score (nSPS) is 15.6. The second kappa shape index (κ2) is 8.82. The molecular weight excluding hydrogens is 362 g/mol. The van der Waals surface area contributed by atoms with Crippen LogP contribution in [0.5, 0.6) is 0 Å². The molecule has 1 N–H and O–H groups in total. The Balaban J connectivity index is 1.52. The van der Waals surface area contributed by atoms with E-state index in [1.165, 1.54) is 0 Å². The van der Waals surface area contributed by atoms with Crippen LogP contribution in [0.4, 0.5) is 0 Å². The smallest absolute Gasteiger partial charge is 0.220 e. The zero-order valence-corrected chi connectivity index (χ0v) is 16.6. The molecule has 6 heteroatoms. The van der Waals surface area contributed by atoms with Crippen molar-refractivity contribution in [3.63, 3.8) is 0 Å². The third-order valence-corrected chi connectivity index (χ3v) is 5.22. The molecule has 1 aliphatic rings. The van der Waals surface area contributed by atoms with Crippen LogP contribution < -0.4 is 5.32 Å². The monoisotopic (exact) mass is 387 g/mol. The minimum atomic E-state index is 0.0987. The Hall–Kier alpha value is -3.28. The van der Waals surface area contributed by atoms with Crippen molar-refractivity contribution >= 4 is 5.91 Å². The summed E-state index contributed by atoms with van der Waals surface area (Å²) in [6.07, 6.45) is 14.3. The first-order valence-electron chi connectivity index (χ1n) is 10.0. The zero-order chi connectivity index (χ0) is 20.1. The van der Waals surface area contributed by atoms with Gasteiger partial charge in [0.25, 0.3) is 0 Å². The highest BCUT2D eigenvalue weighted by Crippen LogP contribution is 2.31. The fourth-order valence-electron chi connectivity index (χ4n) is 3.69. The highest BCUT2D eigenvalue weighted by atomic mass is 16.1. The molecule has 4 rings (SSSR count). The summed E-state index contributed by atoms with van der Waals surface area (Å²) >= 11 is 0. The maximum atomic E-state index is 12.2. The third-order valence-electron chi connectivity index (χ3n) is 5.22. The molecule has 0 fully saturated rings. The number of hydrogen-bond donors (Lipinski definition) is 1. The van der Waals surface area contributed by atoms with Gasteiger partial charge in [-0.2, -0.15) is 5.10 Å². The Morgan fingerprint density at radius 2 is 2.03 bits per heavy atom. The molecule has 29 heavy (non-hydrogen) atoms. The summed E-state index contributed by atoms with van der Waals surface area (Å²) < 4.78 is 1.94. The highest BCUT2D eigenvalue weighted by Gasteiger charge is 2.16. The molecular formula is C23H25N5O. The van der Waals surface area contributed by atoms with Gasteiger partial charge in [-0.25, -0.2) is 0 Å². The topological polar surface area (TPSA) is 72.7 Å². The summed E-state index contributed by atoms with van der Waals surface area (Å²) in [5, 5.41) is 7.63. The number of pyridine rings is 2. The fraction of sp³-hybridized carbons (Fsp3) is 0.304. The van der Waals surface area contributed by atoms with Gasteiger partial charge in [0.2, 0.25) is 5.91 Å². The van der Waals surface area contributed by atoms with E-state index in [9.17, 15) is 4.79 Å². The second-order valence-electron chi connectivity index (χ2n) is 7.37. The van der Waals surface area contributed by atoms with Crippen LogP contribution in [-0.4, -0.2) is 32.2 Å². The van der Waals surface area contributed by atoms with E-state index in [4.69, 9.17) is 0 Å². The Kier molecular flexibility index (Phi) is 5.79. The lowest BCUT2D eigenvalue weighted by Crippen LogP contribution is -2.28. The lowest BCUT2D eigenvalue weighted by atomic mass is 10.0. The van der Waals surface area contributed by atoms with Gasteiger partial charge in [-0.15, -0.1) is 0 Å². The third kappa shape index (κ3) is 4.59. The van der Waals surface area contributed by atoms with Gasteiger partial charge in [-0.3, -0.25) is 19.4 Å². The van der Waals surface area contributed by atoms with E-state index >= 15 is 0 Å².